The molecule has 1 aromatic rings. The molecule has 1 heterocycles. The van der Waals surface area contributed by atoms with Crippen molar-refractivity contribution in [2.24, 2.45) is 0 Å². The topological polar surface area (TPSA) is 46.6 Å². The van der Waals surface area contributed by atoms with Crippen molar-refractivity contribution in [1.82, 2.24) is 4.90 Å². The van der Waals surface area contributed by atoms with Gasteiger partial charge in [0.15, 0.2) is 0 Å². The average molecular weight is 233 g/mol. The molecule has 1 fully saturated rings. The Bertz CT molecular complexity index is 402. The highest BCUT2D eigenvalue weighted by molar-refractivity contribution is 5.92. The quantitative estimate of drug-likeness (QED) is 0.749. The van der Waals surface area contributed by atoms with Gasteiger partial charge in [0.25, 0.3) is 0 Å². The zero-order valence-corrected chi connectivity index (χ0v) is 9.59. The molecule has 0 aliphatic carbocycles. The van der Waals surface area contributed by atoms with Crippen LogP contribution in [-0.2, 0) is 4.79 Å². The van der Waals surface area contributed by atoms with Crippen LogP contribution in [0.2, 0.25) is 0 Å². The van der Waals surface area contributed by atoms with E-state index in [0.29, 0.717) is 18.7 Å². The van der Waals surface area contributed by atoms with E-state index in [1.807, 2.05) is 6.07 Å². The standard InChI is InChI=1S/C13H15NO3/c15-12-9-5-2-6-10-14(12)13(16)17-11-7-3-1-4-8-11/h1,3-4,7-8H,2,5-6,9-10H2. The Kier molecular flexibility index (Phi) is 3.75. The second-order valence-electron chi connectivity index (χ2n) is 4.04. The number of carbonyl (C=O) groups is 2. The van der Waals surface area contributed by atoms with Gasteiger partial charge in [-0.1, -0.05) is 24.6 Å². The van der Waals surface area contributed by atoms with Gasteiger partial charge in [-0.05, 0) is 25.0 Å². The van der Waals surface area contributed by atoms with E-state index >= 15 is 0 Å². The molecule has 0 bridgehead atoms. The maximum absolute atomic E-state index is 11.8. The summed E-state index contributed by atoms with van der Waals surface area (Å²) in [4.78, 5) is 24.7. The Labute approximate surface area is 100 Å². The normalized spacial score (nSPS) is 16.5. The summed E-state index contributed by atoms with van der Waals surface area (Å²) >= 11 is 0. The third-order valence-corrected chi connectivity index (χ3v) is 2.74. The summed E-state index contributed by atoms with van der Waals surface area (Å²) in [6.07, 6.45) is 2.57. The highest BCUT2D eigenvalue weighted by Gasteiger charge is 2.24. The molecule has 0 saturated carbocycles. The summed E-state index contributed by atoms with van der Waals surface area (Å²) in [6, 6.07) is 8.80. The number of carbonyl (C=O) groups excluding carboxylic acids is 2. The maximum atomic E-state index is 11.8. The van der Waals surface area contributed by atoms with Crippen molar-refractivity contribution in [2.75, 3.05) is 6.54 Å². The predicted molar refractivity (Wildman–Crippen MR) is 62.6 cm³/mol. The molecule has 2 amide bonds. The van der Waals surface area contributed by atoms with Gasteiger partial charge in [-0.2, -0.15) is 0 Å². The minimum absolute atomic E-state index is 0.136. The number of hydrogen-bond acceptors (Lipinski definition) is 3. The molecular weight excluding hydrogens is 218 g/mol. The van der Waals surface area contributed by atoms with Gasteiger partial charge >= 0.3 is 6.09 Å². The van der Waals surface area contributed by atoms with Crippen molar-refractivity contribution < 1.29 is 14.3 Å². The SMILES string of the molecule is O=C1CCCCCN1C(=O)Oc1ccccc1. The molecule has 0 N–H and O–H groups in total. The van der Waals surface area contributed by atoms with Crippen molar-refractivity contribution in [1.29, 1.82) is 0 Å². The third-order valence-electron chi connectivity index (χ3n) is 2.74. The lowest BCUT2D eigenvalue weighted by atomic mass is 10.2. The molecule has 0 atom stereocenters. The molecule has 0 unspecified atom stereocenters. The number of rotatable bonds is 1. The second-order valence-corrected chi connectivity index (χ2v) is 4.04. The van der Waals surface area contributed by atoms with E-state index in [0.717, 1.165) is 19.3 Å². The molecule has 0 aromatic heterocycles. The third kappa shape index (κ3) is 3.06. The first-order valence-electron chi connectivity index (χ1n) is 5.84. The number of likely N-dealkylation sites (tertiary alicyclic amines) is 1. The number of amides is 2. The molecule has 4 heteroatoms. The van der Waals surface area contributed by atoms with Crippen LogP contribution in [0, 0.1) is 0 Å². The summed E-state index contributed by atoms with van der Waals surface area (Å²) in [5.74, 6) is 0.331. The first-order chi connectivity index (χ1) is 8.27. The average Bonchev–Trinajstić information content (AvgIpc) is 2.55. The van der Waals surface area contributed by atoms with Crippen LogP contribution < -0.4 is 4.74 Å². The lowest BCUT2D eigenvalue weighted by Crippen LogP contribution is -2.38. The predicted octanol–water partition coefficient (Wildman–Crippen LogP) is 2.59. The van der Waals surface area contributed by atoms with Crippen molar-refractivity contribution in [3.63, 3.8) is 0 Å². The summed E-state index contributed by atoms with van der Waals surface area (Å²) in [5, 5.41) is 0. The fraction of sp³-hybridized carbons (Fsp3) is 0.385. The molecule has 0 spiro atoms. The summed E-state index contributed by atoms with van der Waals surface area (Å²) in [7, 11) is 0. The smallest absolute Gasteiger partial charge is 0.410 e. The molecule has 1 aliphatic rings. The molecule has 2 rings (SSSR count). The van der Waals surface area contributed by atoms with E-state index in [-0.39, 0.29) is 5.91 Å². The zero-order chi connectivity index (χ0) is 12.1. The fourth-order valence-corrected chi connectivity index (χ4v) is 1.82. The largest absolute Gasteiger partial charge is 0.421 e. The zero-order valence-electron chi connectivity index (χ0n) is 9.59. The van der Waals surface area contributed by atoms with Crippen LogP contribution in [0.15, 0.2) is 30.3 Å². The van der Waals surface area contributed by atoms with E-state index < -0.39 is 6.09 Å². The van der Waals surface area contributed by atoms with Gasteiger partial charge < -0.3 is 4.74 Å². The lowest BCUT2D eigenvalue weighted by Gasteiger charge is -2.17. The summed E-state index contributed by atoms with van der Waals surface area (Å²) < 4.78 is 5.15. The fourth-order valence-electron chi connectivity index (χ4n) is 1.82. The summed E-state index contributed by atoms with van der Waals surface area (Å²) in [6.45, 7) is 0.463. The Hall–Kier alpha value is -1.84. The Morgan fingerprint density at radius 3 is 2.65 bits per heavy atom. The van der Waals surface area contributed by atoms with Crippen molar-refractivity contribution >= 4 is 12.0 Å². The van der Waals surface area contributed by atoms with Crippen LogP contribution in [0.5, 0.6) is 5.75 Å². The van der Waals surface area contributed by atoms with Gasteiger partial charge in [-0.15, -0.1) is 0 Å². The molecule has 1 aromatic carbocycles. The molecule has 17 heavy (non-hydrogen) atoms. The monoisotopic (exact) mass is 233 g/mol. The van der Waals surface area contributed by atoms with E-state index in [9.17, 15) is 9.59 Å². The van der Waals surface area contributed by atoms with Crippen LogP contribution in [0.25, 0.3) is 0 Å². The second kappa shape index (κ2) is 5.48. The Morgan fingerprint density at radius 1 is 1.12 bits per heavy atom. The molecule has 90 valence electrons. The number of nitrogens with zero attached hydrogens (tertiary/aromatic N) is 1. The Balaban J connectivity index is 2.01. The highest BCUT2D eigenvalue weighted by Crippen LogP contribution is 2.15. The highest BCUT2D eigenvalue weighted by atomic mass is 16.6. The number of ether oxygens (including phenoxy) is 1. The molecule has 0 radical (unpaired) electrons. The van der Waals surface area contributed by atoms with Gasteiger partial charge in [0.2, 0.25) is 5.91 Å². The van der Waals surface area contributed by atoms with Gasteiger partial charge in [-0.25, -0.2) is 9.69 Å². The van der Waals surface area contributed by atoms with E-state index in [1.165, 1.54) is 4.90 Å². The van der Waals surface area contributed by atoms with Crippen LogP contribution in [0.3, 0.4) is 0 Å². The van der Waals surface area contributed by atoms with Crippen LogP contribution >= 0.6 is 0 Å². The Morgan fingerprint density at radius 2 is 1.88 bits per heavy atom. The number of hydrogen-bond donors (Lipinski definition) is 0. The van der Waals surface area contributed by atoms with Gasteiger partial charge in [-0.3, -0.25) is 4.79 Å². The molecule has 1 aliphatic heterocycles. The number of imide groups is 1. The van der Waals surface area contributed by atoms with Gasteiger partial charge in [0.1, 0.15) is 5.75 Å². The minimum atomic E-state index is -0.567. The molecular formula is C13H15NO3. The first kappa shape index (κ1) is 11.6. The minimum Gasteiger partial charge on any atom is -0.410 e. The van der Waals surface area contributed by atoms with Crippen molar-refractivity contribution in [3.05, 3.63) is 30.3 Å². The van der Waals surface area contributed by atoms with Gasteiger partial charge in [0, 0.05) is 13.0 Å². The van der Waals surface area contributed by atoms with Crippen LogP contribution in [-0.4, -0.2) is 23.4 Å². The van der Waals surface area contributed by atoms with Crippen molar-refractivity contribution in [2.45, 2.75) is 25.7 Å². The number of para-hydroxylation sites is 1. The molecule has 4 nitrogen and oxygen atoms in total. The lowest BCUT2D eigenvalue weighted by molar-refractivity contribution is -0.128. The van der Waals surface area contributed by atoms with Crippen LogP contribution in [0.4, 0.5) is 4.79 Å². The van der Waals surface area contributed by atoms with E-state index in [4.69, 9.17) is 4.74 Å². The molecule has 1 saturated heterocycles. The number of benzene rings is 1. The van der Waals surface area contributed by atoms with Crippen LogP contribution in [0.1, 0.15) is 25.7 Å². The summed E-state index contributed by atoms with van der Waals surface area (Å²) in [5.41, 5.74) is 0. The first-order valence-corrected chi connectivity index (χ1v) is 5.84. The van der Waals surface area contributed by atoms with Crippen molar-refractivity contribution in [3.8, 4) is 5.75 Å². The van der Waals surface area contributed by atoms with Gasteiger partial charge in [0.05, 0.1) is 0 Å². The van der Waals surface area contributed by atoms with E-state index in [2.05, 4.69) is 0 Å². The van der Waals surface area contributed by atoms with E-state index in [1.54, 1.807) is 24.3 Å². The maximum Gasteiger partial charge on any atom is 0.421 e.